The Morgan fingerprint density at radius 2 is 2.14 bits per heavy atom. The summed E-state index contributed by atoms with van der Waals surface area (Å²) in [5, 5.41) is 0.903. The molecule has 0 bridgehead atoms. The van der Waals surface area contributed by atoms with Crippen LogP contribution in [-0.4, -0.2) is 9.97 Å². The van der Waals surface area contributed by atoms with Gasteiger partial charge in [-0.3, -0.25) is 0 Å². The van der Waals surface area contributed by atoms with Crippen molar-refractivity contribution in [1.29, 1.82) is 0 Å². The van der Waals surface area contributed by atoms with E-state index in [2.05, 4.69) is 16.0 Å². The number of benzene rings is 1. The average Bonchev–Trinajstić information content (AvgIpc) is 2.86. The number of nitrogens with zero attached hydrogens (tertiary/aromatic N) is 2. The third-order valence-electron chi connectivity index (χ3n) is 1.95. The van der Waals surface area contributed by atoms with Crippen LogP contribution in [0.1, 0.15) is 0 Å². The van der Waals surface area contributed by atoms with E-state index in [4.69, 9.17) is 4.42 Å². The van der Waals surface area contributed by atoms with Crippen molar-refractivity contribution in [1.82, 2.24) is 9.97 Å². The second kappa shape index (κ2) is 2.92. The Kier molecular flexibility index (Phi) is 1.61. The lowest BCUT2D eigenvalue weighted by Gasteiger charge is -1.81. The predicted molar refractivity (Wildman–Crippen MR) is 55.1 cm³/mol. The van der Waals surface area contributed by atoms with E-state index in [1.807, 2.05) is 18.2 Å². The Hall–Kier alpha value is -1.68. The highest BCUT2D eigenvalue weighted by atomic mass is 32.1. The molecule has 4 heteroatoms. The van der Waals surface area contributed by atoms with Gasteiger partial charge in [-0.1, -0.05) is 12.1 Å². The number of hydrogen-bond acceptors (Lipinski definition) is 4. The third-order valence-corrected chi connectivity index (χ3v) is 3.00. The minimum Gasteiger partial charge on any atom is -0.451 e. The maximum atomic E-state index is 4.92. The lowest BCUT2D eigenvalue weighted by molar-refractivity contribution is 0.558. The molecule has 0 amide bonds. The Morgan fingerprint density at radius 3 is 2.93 bits per heavy atom. The Labute approximate surface area is 84.0 Å². The molecule has 0 saturated heterocycles. The highest BCUT2D eigenvalue weighted by Gasteiger charge is 2.07. The molecule has 68 valence electrons. The van der Waals surface area contributed by atoms with Crippen molar-refractivity contribution in [2.24, 2.45) is 0 Å². The van der Waals surface area contributed by atoms with Crippen molar-refractivity contribution in [3.8, 4) is 10.7 Å². The summed E-state index contributed by atoms with van der Waals surface area (Å²) in [6, 6.07) is 8.04. The summed E-state index contributed by atoms with van der Waals surface area (Å²) in [4.78, 5) is 8.51. The first kappa shape index (κ1) is 7.70. The number of rotatable bonds is 1. The Balaban J connectivity index is 2.24. The summed E-state index contributed by atoms with van der Waals surface area (Å²) in [5.74, 6) is 0. The van der Waals surface area contributed by atoms with Crippen molar-refractivity contribution < 1.29 is 4.42 Å². The molecule has 0 spiro atoms. The van der Waals surface area contributed by atoms with E-state index in [9.17, 15) is 0 Å². The molecular formula is C10H6N2OS. The predicted octanol–water partition coefficient (Wildman–Crippen LogP) is 2.95. The van der Waals surface area contributed by atoms with Gasteiger partial charge in [-0.15, -0.1) is 11.3 Å². The van der Waals surface area contributed by atoms with Crippen molar-refractivity contribution >= 4 is 21.6 Å². The summed E-state index contributed by atoms with van der Waals surface area (Å²) < 4.78 is 6.09. The molecule has 0 unspecified atom stereocenters. The topological polar surface area (TPSA) is 38.9 Å². The van der Waals surface area contributed by atoms with Crippen LogP contribution in [0.5, 0.6) is 0 Å². The van der Waals surface area contributed by atoms with Crippen molar-refractivity contribution in [3.63, 3.8) is 0 Å². The Bertz CT molecular complexity index is 523. The van der Waals surface area contributed by atoms with Gasteiger partial charge in [0.05, 0.1) is 10.2 Å². The van der Waals surface area contributed by atoms with Gasteiger partial charge in [0.2, 0.25) is 0 Å². The van der Waals surface area contributed by atoms with Crippen LogP contribution in [-0.2, 0) is 0 Å². The molecule has 0 atom stereocenters. The highest BCUT2D eigenvalue weighted by Crippen LogP contribution is 2.28. The Morgan fingerprint density at radius 1 is 1.21 bits per heavy atom. The van der Waals surface area contributed by atoms with Gasteiger partial charge in [0.1, 0.15) is 17.0 Å². The van der Waals surface area contributed by atoms with Crippen molar-refractivity contribution in [2.75, 3.05) is 0 Å². The molecule has 3 nitrogen and oxygen atoms in total. The molecule has 0 N–H and O–H groups in total. The molecule has 0 saturated carbocycles. The summed E-state index contributed by atoms with van der Waals surface area (Å²) in [7, 11) is 0. The van der Waals surface area contributed by atoms with Gasteiger partial charge in [-0.2, -0.15) is 0 Å². The van der Waals surface area contributed by atoms with E-state index in [0.717, 1.165) is 16.2 Å². The van der Waals surface area contributed by atoms with E-state index in [-0.39, 0.29) is 0 Å². The van der Waals surface area contributed by atoms with Crippen LogP contribution in [0.3, 0.4) is 0 Å². The van der Waals surface area contributed by atoms with E-state index in [1.165, 1.54) is 11.1 Å². The normalized spacial score (nSPS) is 10.9. The molecule has 0 radical (unpaired) electrons. The SMILES string of the molecule is c1ccc2sc(-c3cocn3)nc2c1. The lowest BCUT2D eigenvalue weighted by atomic mass is 10.3. The fourth-order valence-electron chi connectivity index (χ4n) is 1.30. The summed E-state index contributed by atoms with van der Waals surface area (Å²) >= 11 is 1.62. The fourth-order valence-corrected chi connectivity index (χ4v) is 2.22. The van der Waals surface area contributed by atoms with Gasteiger partial charge in [0.25, 0.3) is 0 Å². The van der Waals surface area contributed by atoms with Crippen LogP contribution in [0.25, 0.3) is 20.9 Å². The molecule has 1 aromatic carbocycles. The maximum Gasteiger partial charge on any atom is 0.181 e. The van der Waals surface area contributed by atoms with Crippen LogP contribution in [0.4, 0.5) is 0 Å². The van der Waals surface area contributed by atoms with E-state index in [1.54, 1.807) is 17.6 Å². The van der Waals surface area contributed by atoms with Gasteiger partial charge in [-0.25, -0.2) is 9.97 Å². The summed E-state index contributed by atoms with van der Waals surface area (Å²) in [5.41, 5.74) is 1.81. The van der Waals surface area contributed by atoms with Crippen LogP contribution in [0.15, 0.2) is 41.3 Å². The number of para-hydroxylation sites is 1. The quantitative estimate of drug-likeness (QED) is 0.609. The van der Waals surface area contributed by atoms with E-state index in [0.29, 0.717) is 0 Å². The summed E-state index contributed by atoms with van der Waals surface area (Å²) in [6.07, 6.45) is 3.03. The van der Waals surface area contributed by atoms with Gasteiger partial charge >= 0.3 is 0 Å². The van der Waals surface area contributed by atoms with Gasteiger partial charge < -0.3 is 4.42 Å². The first-order valence-electron chi connectivity index (χ1n) is 4.17. The van der Waals surface area contributed by atoms with Crippen molar-refractivity contribution in [3.05, 3.63) is 36.9 Å². The zero-order valence-corrected chi connectivity index (χ0v) is 7.99. The smallest absolute Gasteiger partial charge is 0.181 e. The first-order valence-corrected chi connectivity index (χ1v) is 4.99. The van der Waals surface area contributed by atoms with Gasteiger partial charge in [0.15, 0.2) is 6.39 Å². The van der Waals surface area contributed by atoms with Crippen LogP contribution in [0.2, 0.25) is 0 Å². The lowest BCUT2D eigenvalue weighted by Crippen LogP contribution is -1.72. The molecule has 2 aromatic heterocycles. The fraction of sp³-hybridized carbons (Fsp3) is 0. The molecule has 0 aliphatic rings. The second-order valence-electron chi connectivity index (χ2n) is 2.86. The number of aromatic nitrogens is 2. The molecule has 0 aliphatic carbocycles. The van der Waals surface area contributed by atoms with Crippen LogP contribution >= 0.6 is 11.3 Å². The highest BCUT2D eigenvalue weighted by molar-refractivity contribution is 7.21. The number of thiazole rings is 1. The van der Waals surface area contributed by atoms with E-state index >= 15 is 0 Å². The minimum absolute atomic E-state index is 0.797. The zero-order valence-electron chi connectivity index (χ0n) is 7.18. The molecule has 0 fully saturated rings. The number of fused-ring (bicyclic) bond motifs is 1. The van der Waals surface area contributed by atoms with E-state index < -0.39 is 0 Å². The largest absolute Gasteiger partial charge is 0.451 e. The monoisotopic (exact) mass is 202 g/mol. The standard InChI is InChI=1S/C10H6N2OS/c1-2-4-9-7(3-1)12-10(14-9)8-5-13-6-11-8/h1-6H. The molecular weight excluding hydrogens is 196 g/mol. The molecule has 2 heterocycles. The van der Waals surface area contributed by atoms with Gasteiger partial charge in [-0.05, 0) is 12.1 Å². The van der Waals surface area contributed by atoms with Crippen LogP contribution < -0.4 is 0 Å². The molecule has 14 heavy (non-hydrogen) atoms. The molecule has 3 aromatic rings. The molecule has 0 aliphatic heterocycles. The van der Waals surface area contributed by atoms with Gasteiger partial charge in [0, 0.05) is 0 Å². The number of oxazole rings is 1. The second-order valence-corrected chi connectivity index (χ2v) is 3.89. The number of hydrogen-bond donors (Lipinski definition) is 0. The third kappa shape index (κ3) is 1.12. The first-order chi connectivity index (χ1) is 6.93. The summed E-state index contributed by atoms with van der Waals surface area (Å²) in [6.45, 7) is 0. The zero-order chi connectivity index (χ0) is 9.38. The maximum absolute atomic E-state index is 4.92. The minimum atomic E-state index is 0.797. The van der Waals surface area contributed by atoms with Crippen molar-refractivity contribution in [2.45, 2.75) is 0 Å². The molecule has 3 rings (SSSR count). The average molecular weight is 202 g/mol. The van der Waals surface area contributed by atoms with Crippen LogP contribution in [0, 0.1) is 0 Å².